The largest absolute Gasteiger partial charge is 0.497 e. The first-order valence-electron chi connectivity index (χ1n) is 6.00. The van der Waals surface area contributed by atoms with Gasteiger partial charge < -0.3 is 10.1 Å². The Morgan fingerprint density at radius 2 is 1.93 bits per heavy atom. The normalized spacial score (nSPS) is 32.4. The lowest BCUT2D eigenvalue weighted by molar-refractivity contribution is 0.120. The summed E-state index contributed by atoms with van der Waals surface area (Å²) in [7, 11) is 0. The van der Waals surface area contributed by atoms with E-state index in [0.29, 0.717) is 23.0 Å². The van der Waals surface area contributed by atoms with E-state index in [1.54, 1.807) is 0 Å². The van der Waals surface area contributed by atoms with Crippen molar-refractivity contribution < 1.29 is 4.74 Å². The third-order valence-electron chi connectivity index (χ3n) is 4.59. The molecule has 0 spiro atoms. The highest BCUT2D eigenvalue weighted by atomic mass is 16.5. The quantitative estimate of drug-likeness (QED) is 0.771. The second kappa shape index (κ2) is 3.51. The average Bonchev–Trinajstić information content (AvgIpc) is 2.57. The second-order valence-corrected chi connectivity index (χ2v) is 5.99. The molecule has 0 bridgehead atoms. The predicted molar refractivity (Wildman–Crippen MR) is 62.6 cm³/mol. The fraction of sp³-hybridized carbons (Fsp3) is 0.846. The van der Waals surface area contributed by atoms with Gasteiger partial charge in [-0.15, -0.1) is 0 Å². The third kappa shape index (κ3) is 1.80. The maximum Gasteiger partial charge on any atom is 0.110 e. The van der Waals surface area contributed by atoms with Gasteiger partial charge in [0.1, 0.15) is 6.10 Å². The van der Waals surface area contributed by atoms with Crippen LogP contribution in [-0.4, -0.2) is 18.7 Å². The van der Waals surface area contributed by atoms with Crippen molar-refractivity contribution in [2.24, 2.45) is 10.8 Å². The molecular formula is C13H23NO. The highest BCUT2D eigenvalue weighted by Gasteiger charge is 2.64. The molecule has 2 nitrogen and oxygen atoms in total. The Labute approximate surface area is 93.1 Å². The highest BCUT2D eigenvalue weighted by molar-refractivity contribution is 5.17. The number of allylic oxidation sites excluding steroid dienone is 1. The maximum atomic E-state index is 5.55. The summed E-state index contributed by atoms with van der Waals surface area (Å²) in [6.07, 6.45) is 6.63. The van der Waals surface area contributed by atoms with Gasteiger partial charge in [0.05, 0.1) is 6.26 Å². The molecule has 1 N–H and O–H groups in total. The van der Waals surface area contributed by atoms with Gasteiger partial charge in [0, 0.05) is 12.6 Å². The van der Waals surface area contributed by atoms with Crippen LogP contribution in [0, 0.1) is 10.8 Å². The summed E-state index contributed by atoms with van der Waals surface area (Å²) in [5, 5.41) is 3.65. The Bertz CT molecular complexity index is 254. The zero-order valence-electron chi connectivity index (χ0n) is 10.3. The van der Waals surface area contributed by atoms with E-state index < -0.39 is 0 Å². The highest BCUT2D eigenvalue weighted by Crippen LogP contribution is 2.62. The van der Waals surface area contributed by atoms with Gasteiger partial charge in [-0.05, 0) is 29.7 Å². The standard InChI is InChI=1S/C13H23NO/c1-12(2)11(13(12,3)4)14-9-10-7-5-6-8-15-10/h6,8,10-11,14H,5,7,9H2,1-4H3. The van der Waals surface area contributed by atoms with E-state index in [4.69, 9.17) is 4.74 Å². The Morgan fingerprint density at radius 3 is 2.40 bits per heavy atom. The molecular weight excluding hydrogens is 186 g/mol. The first-order valence-corrected chi connectivity index (χ1v) is 6.00. The van der Waals surface area contributed by atoms with Gasteiger partial charge in [-0.1, -0.05) is 27.7 Å². The van der Waals surface area contributed by atoms with Crippen molar-refractivity contribution in [3.8, 4) is 0 Å². The smallest absolute Gasteiger partial charge is 0.110 e. The van der Waals surface area contributed by atoms with Crippen molar-refractivity contribution in [1.82, 2.24) is 5.32 Å². The molecule has 1 saturated carbocycles. The zero-order valence-corrected chi connectivity index (χ0v) is 10.3. The molecule has 2 heteroatoms. The third-order valence-corrected chi connectivity index (χ3v) is 4.59. The number of nitrogens with one attached hydrogen (secondary N) is 1. The van der Waals surface area contributed by atoms with E-state index in [9.17, 15) is 0 Å². The van der Waals surface area contributed by atoms with Gasteiger partial charge in [0.25, 0.3) is 0 Å². The monoisotopic (exact) mass is 209 g/mol. The molecule has 1 aliphatic carbocycles. The number of rotatable bonds is 3. The molecule has 2 rings (SSSR count). The van der Waals surface area contributed by atoms with Gasteiger partial charge in [0.15, 0.2) is 0 Å². The molecule has 86 valence electrons. The summed E-state index contributed by atoms with van der Waals surface area (Å²) in [4.78, 5) is 0. The van der Waals surface area contributed by atoms with Crippen LogP contribution in [-0.2, 0) is 4.74 Å². The van der Waals surface area contributed by atoms with Gasteiger partial charge in [-0.25, -0.2) is 0 Å². The molecule has 0 aromatic rings. The first-order chi connectivity index (χ1) is 6.96. The van der Waals surface area contributed by atoms with Crippen LogP contribution >= 0.6 is 0 Å². The molecule has 2 aliphatic rings. The molecule has 0 aromatic carbocycles. The predicted octanol–water partition coefficient (Wildman–Crippen LogP) is 2.70. The molecule has 0 aromatic heterocycles. The minimum absolute atomic E-state index is 0.377. The maximum absolute atomic E-state index is 5.55. The van der Waals surface area contributed by atoms with Crippen molar-refractivity contribution in [3.63, 3.8) is 0 Å². The molecule has 1 atom stereocenters. The molecule has 0 amide bonds. The Morgan fingerprint density at radius 1 is 1.27 bits per heavy atom. The van der Waals surface area contributed by atoms with Gasteiger partial charge >= 0.3 is 0 Å². The van der Waals surface area contributed by atoms with Gasteiger partial charge in [-0.3, -0.25) is 0 Å². The lowest BCUT2D eigenvalue weighted by Crippen LogP contribution is -2.33. The molecule has 15 heavy (non-hydrogen) atoms. The minimum atomic E-state index is 0.377. The van der Waals surface area contributed by atoms with E-state index in [1.807, 2.05) is 6.26 Å². The Hall–Kier alpha value is -0.500. The van der Waals surface area contributed by atoms with Crippen LogP contribution in [0.25, 0.3) is 0 Å². The van der Waals surface area contributed by atoms with Crippen LogP contribution < -0.4 is 5.32 Å². The van der Waals surface area contributed by atoms with E-state index in [2.05, 4.69) is 39.1 Å². The van der Waals surface area contributed by atoms with Gasteiger partial charge in [-0.2, -0.15) is 0 Å². The van der Waals surface area contributed by atoms with Gasteiger partial charge in [0.2, 0.25) is 0 Å². The summed E-state index contributed by atoms with van der Waals surface area (Å²) in [5.74, 6) is 0. The van der Waals surface area contributed by atoms with Crippen LogP contribution in [0.1, 0.15) is 40.5 Å². The number of hydrogen-bond donors (Lipinski definition) is 1. The Balaban J connectivity index is 1.78. The fourth-order valence-electron chi connectivity index (χ4n) is 2.69. The van der Waals surface area contributed by atoms with E-state index in [-0.39, 0.29) is 0 Å². The number of ether oxygens (including phenoxy) is 1. The molecule has 1 unspecified atom stereocenters. The van der Waals surface area contributed by atoms with Crippen molar-refractivity contribution in [2.75, 3.05) is 6.54 Å². The first kappa shape index (κ1) is 11.0. The average molecular weight is 209 g/mol. The lowest BCUT2D eigenvalue weighted by atomic mass is 10.0. The minimum Gasteiger partial charge on any atom is -0.497 e. The summed E-state index contributed by atoms with van der Waals surface area (Å²) in [6, 6.07) is 0.638. The summed E-state index contributed by atoms with van der Waals surface area (Å²) in [5.41, 5.74) is 0.856. The van der Waals surface area contributed by atoms with Crippen LogP contribution in [0.15, 0.2) is 12.3 Å². The van der Waals surface area contributed by atoms with Crippen LogP contribution in [0.4, 0.5) is 0 Å². The lowest BCUT2D eigenvalue weighted by Gasteiger charge is -2.20. The molecule has 1 fully saturated rings. The van der Waals surface area contributed by atoms with E-state index in [1.165, 1.54) is 0 Å². The molecule has 1 aliphatic heterocycles. The fourth-order valence-corrected chi connectivity index (χ4v) is 2.69. The zero-order chi connectivity index (χ0) is 11.1. The summed E-state index contributed by atoms with van der Waals surface area (Å²) in [6.45, 7) is 10.3. The van der Waals surface area contributed by atoms with Crippen molar-refractivity contribution in [1.29, 1.82) is 0 Å². The van der Waals surface area contributed by atoms with Crippen molar-refractivity contribution >= 4 is 0 Å². The number of hydrogen-bond acceptors (Lipinski definition) is 2. The van der Waals surface area contributed by atoms with Crippen LogP contribution in [0.5, 0.6) is 0 Å². The molecule has 0 radical (unpaired) electrons. The van der Waals surface area contributed by atoms with Crippen LogP contribution in [0.2, 0.25) is 0 Å². The van der Waals surface area contributed by atoms with E-state index >= 15 is 0 Å². The topological polar surface area (TPSA) is 21.3 Å². The molecule has 0 saturated heterocycles. The molecule has 1 heterocycles. The Kier molecular flexibility index (Phi) is 2.58. The summed E-state index contributed by atoms with van der Waals surface area (Å²) < 4.78 is 5.55. The summed E-state index contributed by atoms with van der Waals surface area (Å²) >= 11 is 0. The van der Waals surface area contributed by atoms with E-state index in [0.717, 1.165) is 19.4 Å². The van der Waals surface area contributed by atoms with Crippen molar-refractivity contribution in [3.05, 3.63) is 12.3 Å². The van der Waals surface area contributed by atoms with Crippen LogP contribution in [0.3, 0.4) is 0 Å². The SMILES string of the molecule is CC1(C)C(NCC2CCC=CO2)C1(C)C. The second-order valence-electron chi connectivity index (χ2n) is 5.99. The van der Waals surface area contributed by atoms with Crippen molar-refractivity contribution in [2.45, 2.75) is 52.7 Å².